The lowest BCUT2D eigenvalue weighted by atomic mass is 10.0. The van der Waals surface area contributed by atoms with Gasteiger partial charge in [0.15, 0.2) is 11.5 Å². The molecule has 0 N–H and O–H groups in total. The number of benzene rings is 1. The zero-order valence-corrected chi connectivity index (χ0v) is 12.9. The summed E-state index contributed by atoms with van der Waals surface area (Å²) in [5.41, 5.74) is 2.74. The topological polar surface area (TPSA) is 59.5 Å². The van der Waals surface area contributed by atoms with Gasteiger partial charge in [-0.25, -0.2) is 0 Å². The number of halogens is 1. The minimum absolute atomic E-state index is 0.121. The van der Waals surface area contributed by atoms with Crippen molar-refractivity contribution < 1.29 is 13.7 Å². The monoisotopic (exact) mass is 328 g/mol. The summed E-state index contributed by atoms with van der Waals surface area (Å²) in [6.45, 7) is 1.05. The molecule has 0 aliphatic carbocycles. The van der Waals surface area contributed by atoms with Gasteiger partial charge >= 0.3 is 0 Å². The molecule has 4 rings (SSSR count). The average molecular weight is 329 g/mol. The zero-order valence-electron chi connectivity index (χ0n) is 12.2. The second-order valence-electron chi connectivity index (χ2n) is 5.40. The van der Waals surface area contributed by atoms with Crippen molar-refractivity contribution in [1.29, 1.82) is 0 Å². The summed E-state index contributed by atoms with van der Waals surface area (Å²) in [5, 5.41) is 4.81. The van der Waals surface area contributed by atoms with Crippen LogP contribution in [0.1, 0.15) is 21.8 Å². The summed E-state index contributed by atoms with van der Waals surface area (Å²) in [7, 11) is 0. The summed E-state index contributed by atoms with van der Waals surface area (Å²) < 4.78 is 10.7. The molecule has 2 aromatic heterocycles. The molecule has 1 amide bonds. The first-order valence-electron chi connectivity index (χ1n) is 7.28. The number of amides is 1. The van der Waals surface area contributed by atoms with Gasteiger partial charge in [-0.1, -0.05) is 16.8 Å². The van der Waals surface area contributed by atoms with Gasteiger partial charge in [-0.3, -0.25) is 4.79 Å². The molecular formula is C17H13ClN2O3. The first-order chi connectivity index (χ1) is 11.2. The van der Waals surface area contributed by atoms with Gasteiger partial charge in [-0.15, -0.1) is 0 Å². The fraction of sp³-hybridized carbons (Fsp3) is 0.176. The second kappa shape index (κ2) is 5.59. The van der Waals surface area contributed by atoms with E-state index in [4.69, 9.17) is 20.5 Å². The maximum Gasteiger partial charge on any atom is 0.289 e. The molecule has 0 radical (unpaired) electrons. The van der Waals surface area contributed by atoms with Gasteiger partial charge in [0.25, 0.3) is 5.91 Å². The number of nitrogens with zero attached hydrogens (tertiary/aromatic N) is 2. The Bertz CT molecular complexity index is 837. The van der Waals surface area contributed by atoms with Crippen LogP contribution in [0.4, 0.5) is 0 Å². The average Bonchev–Trinajstić information content (AvgIpc) is 3.24. The first-order valence-corrected chi connectivity index (χ1v) is 7.66. The van der Waals surface area contributed by atoms with Crippen LogP contribution in [0.25, 0.3) is 11.3 Å². The molecule has 1 aliphatic heterocycles. The summed E-state index contributed by atoms with van der Waals surface area (Å²) >= 11 is 5.93. The minimum atomic E-state index is -0.121. The summed E-state index contributed by atoms with van der Waals surface area (Å²) in [6, 6.07) is 10.8. The van der Waals surface area contributed by atoms with Crippen LogP contribution in [-0.4, -0.2) is 22.5 Å². The number of fused-ring (bicyclic) bond motifs is 1. The molecule has 0 bridgehead atoms. The summed E-state index contributed by atoms with van der Waals surface area (Å²) in [5.74, 6) is 0.912. The number of hydrogen-bond acceptors (Lipinski definition) is 4. The molecule has 3 heterocycles. The third-order valence-corrected chi connectivity index (χ3v) is 4.21. The molecule has 1 aliphatic rings. The van der Waals surface area contributed by atoms with E-state index >= 15 is 0 Å². The molecule has 0 saturated carbocycles. The number of hydrogen-bond donors (Lipinski definition) is 0. The van der Waals surface area contributed by atoms with Crippen molar-refractivity contribution >= 4 is 17.5 Å². The lowest BCUT2D eigenvalue weighted by molar-refractivity contribution is 0.0702. The Hall–Kier alpha value is -2.53. The van der Waals surface area contributed by atoms with Crippen LogP contribution in [0.3, 0.4) is 0 Å². The maximum atomic E-state index is 12.4. The van der Waals surface area contributed by atoms with E-state index in [0.717, 1.165) is 16.8 Å². The van der Waals surface area contributed by atoms with Crippen LogP contribution in [-0.2, 0) is 13.0 Å². The number of aromatic nitrogens is 1. The number of carbonyl (C=O) groups excluding carboxylic acids is 1. The zero-order chi connectivity index (χ0) is 15.8. The standard InChI is InChI=1S/C17H13ClN2O3/c18-12-5-3-11(4-6-12)16-13-10-20(8-7-14(13)19-23-16)17(21)15-2-1-9-22-15/h1-6,9H,7-8,10H2. The minimum Gasteiger partial charge on any atom is -0.459 e. The third-order valence-electron chi connectivity index (χ3n) is 3.96. The van der Waals surface area contributed by atoms with Crippen molar-refractivity contribution in [2.45, 2.75) is 13.0 Å². The van der Waals surface area contributed by atoms with E-state index in [1.165, 1.54) is 6.26 Å². The van der Waals surface area contributed by atoms with Gasteiger partial charge in [-0.2, -0.15) is 0 Å². The molecule has 1 aromatic carbocycles. The predicted octanol–water partition coefficient (Wildman–Crippen LogP) is 3.79. The lowest BCUT2D eigenvalue weighted by Crippen LogP contribution is -2.35. The summed E-state index contributed by atoms with van der Waals surface area (Å²) in [4.78, 5) is 14.2. The molecular weight excluding hydrogens is 316 g/mol. The first kappa shape index (κ1) is 14.1. The Labute approximate surface area is 137 Å². The molecule has 23 heavy (non-hydrogen) atoms. The molecule has 0 saturated heterocycles. The maximum absolute atomic E-state index is 12.4. The quantitative estimate of drug-likeness (QED) is 0.718. The van der Waals surface area contributed by atoms with Gasteiger partial charge in [0.05, 0.1) is 18.5 Å². The summed E-state index contributed by atoms with van der Waals surface area (Å²) in [6.07, 6.45) is 2.17. The van der Waals surface area contributed by atoms with E-state index in [-0.39, 0.29) is 5.91 Å². The Morgan fingerprint density at radius 3 is 2.78 bits per heavy atom. The van der Waals surface area contributed by atoms with Crippen LogP contribution in [0.2, 0.25) is 5.02 Å². The third kappa shape index (κ3) is 2.53. The van der Waals surface area contributed by atoms with Crippen molar-refractivity contribution in [1.82, 2.24) is 10.1 Å². The van der Waals surface area contributed by atoms with Gasteiger partial charge < -0.3 is 13.8 Å². The molecule has 5 nitrogen and oxygen atoms in total. The molecule has 3 aromatic rings. The van der Waals surface area contributed by atoms with Gasteiger partial charge in [0, 0.05) is 29.1 Å². The largest absolute Gasteiger partial charge is 0.459 e. The normalized spacial score (nSPS) is 13.9. The Morgan fingerprint density at radius 1 is 1.22 bits per heavy atom. The fourth-order valence-corrected chi connectivity index (χ4v) is 2.90. The molecule has 6 heteroatoms. The van der Waals surface area contributed by atoms with Crippen molar-refractivity contribution in [2.24, 2.45) is 0 Å². The molecule has 0 atom stereocenters. The number of rotatable bonds is 2. The molecule has 0 spiro atoms. The van der Waals surface area contributed by atoms with Crippen LogP contribution >= 0.6 is 11.6 Å². The van der Waals surface area contributed by atoms with Crippen LogP contribution < -0.4 is 0 Å². The molecule has 116 valence electrons. The lowest BCUT2D eigenvalue weighted by Gasteiger charge is -2.25. The highest BCUT2D eigenvalue weighted by Crippen LogP contribution is 2.31. The predicted molar refractivity (Wildman–Crippen MR) is 84.1 cm³/mol. The van der Waals surface area contributed by atoms with Crippen molar-refractivity contribution in [2.75, 3.05) is 6.54 Å². The Morgan fingerprint density at radius 2 is 2.04 bits per heavy atom. The number of carbonyl (C=O) groups is 1. The van der Waals surface area contributed by atoms with Crippen molar-refractivity contribution in [3.05, 3.63) is 64.7 Å². The number of furan rings is 1. The van der Waals surface area contributed by atoms with Gasteiger partial charge in [0.1, 0.15) is 0 Å². The Kier molecular flexibility index (Phi) is 3.42. The second-order valence-corrected chi connectivity index (χ2v) is 5.83. The highest BCUT2D eigenvalue weighted by Gasteiger charge is 2.28. The van der Waals surface area contributed by atoms with Gasteiger partial charge in [-0.05, 0) is 36.4 Å². The smallest absolute Gasteiger partial charge is 0.289 e. The van der Waals surface area contributed by atoms with E-state index < -0.39 is 0 Å². The molecule has 0 unspecified atom stereocenters. The van der Waals surface area contributed by atoms with Crippen LogP contribution in [0, 0.1) is 0 Å². The van der Waals surface area contributed by atoms with E-state index in [2.05, 4.69) is 5.16 Å². The van der Waals surface area contributed by atoms with Crippen LogP contribution in [0.15, 0.2) is 51.6 Å². The highest BCUT2D eigenvalue weighted by atomic mass is 35.5. The van der Waals surface area contributed by atoms with E-state index in [1.807, 2.05) is 12.1 Å². The Balaban J connectivity index is 1.65. The SMILES string of the molecule is O=C(c1ccco1)N1CCc2noc(-c3ccc(Cl)cc3)c2C1. The van der Waals surface area contributed by atoms with Crippen molar-refractivity contribution in [3.63, 3.8) is 0 Å². The highest BCUT2D eigenvalue weighted by molar-refractivity contribution is 6.30. The van der Waals surface area contributed by atoms with Crippen LogP contribution in [0.5, 0.6) is 0 Å². The molecule has 0 fully saturated rings. The van der Waals surface area contributed by atoms with E-state index in [0.29, 0.717) is 36.1 Å². The van der Waals surface area contributed by atoms with E-state index in [1.54, 1.807) is 29.2 Å². The fourth-order valence-electron chi connectivity index (χ4n) is 2.77. The van der Waals surface area contributed by atoms with Crippen molar-refractivity contribution in [3.8, 4) is 11.3 Å². The van der Waals surface area contributed by atoms with E-state index in [9.17, 15) is 4.79 Å². The van der Waals surface area contributed by atoms with Gasteiger partial charge in [0.2, 0.25) is 0 Å².